The fraction of sp³-hybridized carbons (Fsp3) is 0.429. The molecule has 2 bridgehead atoms. The SMILES string of the molecule is Cc1nc2c(-c3ccc4nn(C)c(Cl)c4c3Cl)n[nH]c2nc1N1[C@H]2CC[C@@H]1[C@@H](F)[C@@H](N)C2. The maximum Gasteiger partial charge on any atom is 0.177 e. The zero-order valence-electron chi connectivity index (χ0n) is 17.5. The molecule has 0 unspecified atom stereocenters. The van der Waals surface area contributed by atoms with Crippen LogP contribution in [-0.4, -0.2) is 54.2 Å². The van der Waals surface area contributed by atoms with E-state index in [1.54, 1.807) is 11.7 Å². The zero-order chi connectivity index (χ0) is 22.3. The fourth-order valence-corrected chi connectivity index (χ4v) is 5.88. The second kappa shape index (κ2) is 7.00. The Hall–Kier alpha value is -2.49. The summed E-state index contributed by atoms with van der Waals surface area (Å²) in [6.07, 6.45) is 1.23. The second-order valence-electron chi connectivity index (χ2n) is 8.69. The van der Waals surface area contributed by atoms with E-state index in [1.807, 2.05) is 19.1 Å². The minimum Gasteiger partial charge on any atom is -0.346 e. The van der Waals surface area contributed by atoms with Crippen LogP contribution >= 0.6 is 23.2 Å². The summed E-state index contributed by atoms with van der Waals surface area (Å²) in [6.45, 7) is 1.89. The molecule has 0 saturated carbocycles. The molecule has 32 heavy (non-hydrogen) atoms. The van der Waals surface area contributed by atoms with E-state index in [0.29, 0.717) is 55.7 Å². The summed E-state index contributed by atoms with van der Waals surface area (Å²) in [7, 11) is 1.77. The lowest BCUT2D eigenvalue weighted by atomic mass is 9.96. The number of aromatic amines is 1. The van der Waals surface area contributed by atoms with Crippen LogP contribution in [0.15, 0.2) is 12.1 Å². The quantitative estimate of drug-likeness (QED) is 0.456. The number of fused-ring (bicyclic) bond motifs is 4. The van der Waals surface area contributed by atoms with Crippen LogP contribution in [0.4, 0.5) is 10.2 Å². The van der Waals surface area contributed by atoms with Crippen molar-refractivity contribution in [3.8, 4) is 11.3 Å². The highest BCUT2D eigenvalue weighted by molar-refractivity contribution is 6.43. The van der Waals surface area contributed by atoms with Gasteiger partial charge < -0.3 is 10.6 Å². The first-order valence-corrected chi connectivity index (χ1v) is 11.3. The highest BCUT2D eigenvalue weighted by Gasteiger charge is 2.47. The van der Waals surface area contributed by atoms with Crippen LogP contribution in [0.3, 0.4) is 0 Å². The van der Waals surface area contributed by atoms with Gasteiger partial charge in [0.15, 0.2) is 11.5 Å². The molecule has 4 atom stereocenters. The van der Waals surface area contributed by atoms with Gasteiger partial charge >= 0.3 is 0 Å². The molecule has 3 N–H and O–H groups in total. The highest BCUT2D eigenvalue weighted by Crippen LogP contribution is 2.42. The van der Waals surface area contributed by atoms with E-state index in [9.17, 15) is 4.39 Å². The third kappa shape index (κ3) is 2.71. The lowest BCUT2D eigenvalue weighted by Gasteiger charge is -2.41. The number of halogens is 3. The predicted molar refractivity (Wildman–Crippen MR) is 123 cm³/mol. The first-order chi connectivity index (χ1) is 15.3. The van der Waals surface area contributed by atoms with Crippen LogP contribution in [0.5, 0.6) is 0 Å². The van der Waals surface area contributed by atoms with E-state index in [-0.39, 0.29) is 12.1 Å². The van der Waals surface area contributed by atoms with Gasteiger partial charge in [-0.25, -0.2) is 14.4 Å². The number of hydrogen-bond acceptors (Lipinski definition) is 6. The molecule has 8 nitrogen and oxygen atoms in total. The molecule has 5 heterocycles. The summed E-state index contributed by atoms with van der Waals surface area (Å²) in [5.41, 5.74) is 9.84. The number of alkyl halides is 1. The number of piperidine rings is 1. The van der Waals surface area contributed by atoms with E-state index >= 15 is 0 Å². The molecule has 6 rings (SSSR count). The van der Waals surface area contributed by atoms with Crippen molar-refractivity contribution in [2.45, 2.75) is 50.5 Å². The van der Waals surface area contributed by atoms with Gasteiger partial charge in [0.05, 0.1) is 27.7 Å². The standard InChI is InChI=1S/C21H21Cl2FN8/c1-8-21(32-9-3-6-13(32)16(24)11(25)7-9)27-20-18(26-8)17(28-29-20)10-4-5-12-14(15(10)22)19(23)31(2)30-12/h4-5,9,11,13,16H,3,6-7,25H2,1-2H3,(H,27,28,29)/t9-,11-,13+,16-/m0/s1. The van der Waals surface area contributed by atoms with Gasteiger partial charge in [0.2, 0.25) is 0 Å². The first kappa shape index (κ1) is 20.1. The molecule has 0 amide bonds. The van der Waals surface area contributed by atoms with E-state index in [2.05, 4.69) is 20.2 Å². The smallest absolute Gasteiger partial charge is 0.177 e. The Bertz CT molecular complexity index is 1380. The fourth-order valence-electron chi connectivity index (χ4n) is 5.26. The molecule has 2 fully saturated rings. The van der Waals surface area contributed by atoms with Crippen molar-refractivity contribution in [2.24, 2.45) is 12.8 Å². The van der Waals surface area contributed by atoms with Crippen LogP contribution < -0.4 is 10.6 Å². The van der Waals surface area contributed by atoms with Crippen molar-refractivity contribution < 1.29 is 4.39 Å². The van der Waals surface area contributed by atoms with Gasteiger partial charge in [0.1, 0.15) is 22.5 Å². The average molecular weight is 475 g/mol. The number of anilines is 1. The molecular formula is C21H21Cl2FN8. The molecule has 2 aliphatic heterocycles. The summed E-state index contributed by atoms with van der Waals surface area (Å²) < 4.78 is 16.4. The van der Waals surface area contributed by atoms with Crippen molar-refractivity contribution >= 4 is 51.1 Å². The summed E-state index contributed by atoms with van der Waals surface area (Å²) in [6, 6.07) is 3.21. The number of nitrogens with two attached hydrogens (primary N) is 1. The number of aryl methyl sites for hydroxylation is 2. The van der Waals surface area contributed by atoms with Gasteiger partial charge in [-0.15, -0.1) is 0 Å². The molecule has 1 aromatic carbocycles. The number of rotatable bonds is 2. The molecule has 4 aromatic rings. The Morgan fingerprint density at radius 1 is 1.22 bits per heavy atom. The molecule has 0 radical (unpaired) electrons. The number of H-pyrrole nitrogens is 1. The third-order valence-corrected chi connectivity index (χ3v) is 7.60. The van der Waals surface area contributed by atoms with Crippen molar-refractivity contribution in [1.82, 2.24) is 29.9 Å². The Morgan fingerprint density at radius 2 is 2.03 bits per heavy atom. The predicted octanol–water partition coefficient (Wildman–Crippen LogP) is 3.93. The third-order valence-electron chi connectivity index (χ3n) is 6.78. The Balaban J connectivity index is 1.47. The summed E-state index contributed by atoms with van der Waals surface area (Å²) in [4.78, 5) is 11.7. The number of nitrogens with one attached hydrogen (secondary N) is 1. The van der Waals surface area contributed by atoms with Crippen molar-refractivity contribution in [2.75, 3.05) is 4.90 Å². The van der Waals surface area contributed by atoms with Gasteiger partial charge in [-0.1, -0.05) is 23.2 Å². The normalized spacial score (nSPS) is 25.4. The van der Waals surface area contributed by atoms with Gasteiger partial charge in [-0.2, -0.15) is 10.2 Å². The van der Waals surface area contributed by atoms with E-state index < -0.39 is 12.2 Å². The number of aromatic nitrogens is 6. The Labute approximate surface area is 192 Å². The zero-order valence-corrected chi connectivity index (χ0v) is 19.0. The molecule has 0 aliphatic carbocycles. The minimum atomic E-state index is -1.07. The molecule has 2 aliphatic rings. The van der Waals surface area contributed by atoms with Gasteiger partial charge in [-0.3, -0.25) is 9.78 Å². The van der Waals surface area contributed by atoms with Crippen LogP contribution in [0.1, 0.15) is 25.0 Å². The lowest BCUT2D eigenvalue weighted by Crippen LogP contribution is -2.56. The van der Waals surface area contributed by atoms with Gasteiger partial charge in [0, 0.05) is 24.7 Å². The van der Waals surface area contributed by atoms with Crippen molar-refractivity contribution in [3.63, 3.8) is 0 Å². The maximum absolute atomic E-state index is 14.8. The van der Waals surface area contributed by atoms with Crippen molar-refractivity contribution in [3.05, 3.63) is 28.0 Å². The molecule has 0 spiro atoms. The Kier molecular flexibility index (Phi) is 4.41. The molecule has 2 saturated heterocycles. The summed E-state index contributed by atoms with van der Waals surface area (Å²) in [5.74, 6) is 0.687. The molecule has 11 heteroatoms. The van der Waals surface area contributed by atoms with E-state index in [4.69, 9.17) is 38.9 Å². The average Bonchev–Trinajstić information content (AvgIpc) is 3.40. The summed E-state index contributed by atoms with van der Waals surface area (Å²) in [5, 5.41) is 13.4. The number of benzene rings is 1. The molecule has 3 aromatic heterocycles. The summed E-state index contributed by atoms with van der Waals surface area (Å²) >= 11 is 13.1. The number of hydrogen-bond donors (Lipinski definition) is 2. The second-order valence-corrected chi connectivity index (χ2v) is 9.42. The highest BCUT2D eigenvalue weighted by atomic mass is 35.5. The van der Waals surface area contributed by atoms with Crippen LogP contribution in [-0.2, 0) is 7.05 Å². The molecule has 166 valence electrons. The Morgan fingerprint density at radius 3 is 2.84 bits per heavy atom. The van der Waals surface area contributed by atoms with Crippen molar-refractivity contribution in [1.29, 1.82) is 0 Å². The minimum absolute atomic E-state index is 0.180. The van der Waals surface area contributed by atoms with E-state index in [1.165, 1.54) is 0 Å². The van der Waals surface area contributed by atoms with Crippen LogP contribution in [0.25, 0.3) is 33.3 Å². The lowest BCUT2D eigenvalue weighted by molar-refractivity contribution is 0.203. The maximum atomic E-state index is 14.8. The first-order valence-electron chi connectivity index (χ1n) is 10.6. The van der Waals surface area contributed by atoms with E-state index in [0.717, 1.165) is 18.5 Å². The monoisotopic (exact) mass is 474 g/mol. The largest absolute Gasteiger partial charge is 0.346 e. The van der Waals surface area contributed by atoms with Gasteiger partial charge in [0.25, 0.3) is 0 Å². The van der Waals surface area contributed by atoms with Gasteiger partial charge in [-0.05, 0) is 38.3 Å². The van der Waals surface area contributed by atoms with Crippen LogP contribution in [0.2, 0.25) is 10.2 Å². The number of nitrogens with zero attached hydrogens (tertiary/aromatic N) is 6. The topological polar surface area (TPSA) is 102 Å². The van der Waals surface area contributed by atoms with Crippen LogP contribution in [0, 0.1) is 6.92 Å². The molecular weight excluding hydrogens is 454 g/mol.